The van der Waals surface area contributed by atoms with Crippen LogP contribution in [0.2, 0.25) is 10.0 Å². The van der Waals surface area contributed by atoms with E-state index in [1.54, 1.807) is 25.1 Å². The van der Waals surface area contributed by atoms with Gasteiger partial charge in [-0.05, 0) is 26.0 Å². The summed E-state index contributed by atoms with van der Waals surface area (Å²) in [6.45, 7) is 4.19. The summed E-state index contributed by atoms with van der Waals surface area (Å²) in [6, 6.07) is 5.00. The van der Waals surface area contributed by atoms with Crippen molar-refractivity contribution >= 4 is 34.9 Å². The lowest BCUT2D eigenvalue weighted by Gasteiger charge is -2.08. The molecule has 0 saturated heterocycles. The van der Waals surface area contributed by atoms with E-state index in [1.165, 1.54) is 4.68 Å². The van der Waals surface area contributed by atoms with Gasteiger partial charge in [-0.2, -0.15) is 5.10 Å². The van der Waals surface area contributed by atoms with Gasteiger partial charge in [0.25, 0.3) is 0 Å². The van der Waals surface area contributed by atoms with E-state index >= 15 is 0 Å². The molecule has 2 rings (SSSR count). The largest absolute Gasteiger partial charge is 0.456 e. The molecule has 2 N–H and O–H groups in total. The first-order valence-corrected chi connectivity index (χ1v) is 7.13. The predicted molar refractivity (Wildman–Crippen MR) is 82.6 cm³/mol. The summed E-state index contributed by atoms with van der Waals surface area (Å²) in [5.41, 5.74) is 7.75. The molecule has 0 aliphatic rings. The summed E-state index contributed by atoms with van der Waals surface area (Å²) in [4.78, 5) is 12.2. The Morgan fingerprint density at radius 2 is 2.14 bits per heavy atom. The fraction of sp³-hybridized carbons (Fsp3) is 0.286. The van der Waals surface area contributed by atoms with Crippen LogP contribution in [-0.4, -0.2) is 15.7 Å². The molecule has 112 valence electrons. The molecular formula is C14H15Cl2N3O2. The van der Waals surface area contributed by atoms with Gasteiger partial charge in [-0.3, -0.25) is 4.68 Å². The van der Waals surface area contributed by atoms with E-state index in [-0.39, 0.29) is 12.3 Å². The van der Waals surface area contributed by atoms with Crippen molar-refractivity contribution in [2.75, 3.05) is 5.73 Å². The first-order chi connectivity index (χ1) is 9.93. The second-order valence-electron chi connectivity index (χ2n) is 4.48. The molecule has 7 heteroatoms. The molecule has 5 nitrogen and oxygen atoms in total. The quantitative estimate of drug-likeness (QED) is 0.873. The van der Waals surface area contributed by atoms with Crippen molar-refractivity contribution in [3.05, 3.63) is 45.2 Å². The number of ether oxygens (including phenoxy) is 1. The standard InChI is InChI=1S/C14H15Cl2N3O2/c1-3-19-13(12(17)8(2)18-19)14(20)21-7-9-4-5-10(15)6-11(9)16/h4-6H,3,7,17H2,1-2H3. The van der Waals surface area contributed by atoms with E-state index in [2.05, 4.69) is 5.10 Å². The number of nitrogen functional groups attached to an aromatic ring is 1. The van der Waals surface area contributed by atoms with Crippen LogP contribution in [0.3, 0.4) is 0 Å². The Labute approximate surface area is 132 Å². The van der Waals surface area contributed by atoms with Crippen LogP contribution >= 0.6 is 23.2 Å². The van der Waals surface area contributed by atoms with Crippen LogP contribution in [0.1, 0.15) is 28.7 Å². The highest BCUT2D eigenvalue weighted by Crippen LogP contribution is 2.23. The summed E-state index contributed by atoms with van der Waals surface area (Å²) in [5.74, 6) is -0.527. The summed E-state index contributed by atoms with van der Waals surface area (Å²) >= 11 is 11.9. The van der Waals surface area contributed by atoms with Crippen molar-refractivity contribution in [3.8, 4) is 0 Å². The van der Waals surface area contributed by atoms with Crippen molar-refractivity contribution in [2.45, 2.75) is 27.0 Å². The van der Waals surface area contributed by atoms with Gasteiger partial charge in [0.1, 0.15) is 6.61 Å². The number of carbonyl (C=O) groups is 1. The maximum Gasteiger partial charge on any atom is 0.359 e. The van der Waals surface area contributed by atoms with Crippen LogP contribution in [0.25, 0.3) is 0 Å². The molecule has 21 heavy (non-hydrogen) atoms. The minimum Gasteiger partial charge on any atom is -0.456 e. The molecular weight excluding hydrogens is 313 g/mol. The van der Waals surface area contributed by atoms with E-state index in [4.69, 9.17) is 33.7 Å². The Morgan fingerprint density at radius 3 is 2.76 bits per heavy atom. The minimum absolute atomic E-state index is 0.0439. The van der Waals surface area contributed by atoms with Crippen molar-refractivity contribution < 1.29 is 9.53 Å². The fourth-order valence-electron chi connectivity index (χ4n) is 1.89. The molecule has 0 bridgehead atoms. The van der Waals surface area contributed by atoms with Gasteiger partial charge < -0.3 is 10.5 Å². The van der Waals surface area contributed by atoms with E-state index < -0.39 is 5.97 Å². The zero-order chi connectivity index (χ0) is 15.6. The number of halogens is 2. The van der Waals surface area contributed by atoms with Crippen LogP contribution in [0.4, 0.5) is 5.69 Å². The van der Waals surface area contributed by atoms with Gasteiger partial charge in [0, 0.05) is 22.2 Å². The number of carbonyl (C=O) groups excluding carboxylic acids is 1. The number of nitrogens with zero attached hydrogens (tertiary/aromatic N) is 2. The van der Waals surface area contributed by atoms with Crippen LogP contribution in [0, 0.1) is 6.92 Å². The highest BCUT2D eigenvalue weighted by molar-refractivity contribution is 6.35. The number of hydrogen-bond acceptors (Lipinski definition) is 4. The lowest BCUT2D eigenvalue weighted by atomic mass is 10.2. The van der Waals surface area contributed by atoms with Gasteiger partial charge in [-0.15, -0.1) is 0 Å². The molecule has 2 aromatic rings. The van der Waals surface area contributed by atoms with Crippen molar-refractivity contribution in [1.82, 2.24) is 9.78 Å². The summed E-state index contributed by atoms with van der Waals surface area (Å²) in [5, 5.41) is 5.16. The second kappa shape index (κ2) is 6.37. The molecule has 1 aromatic carbocycles. The third-order valence-corrected chi connectivity index (χ3v) is 3.63. The number of hydrogen-bond donors (Lipinski definition) is 1. The van der Waals surface area contributed by atoms with Crippen molar-refractivity contribution in [1.29, 1.82) is 0 Å². The van der Waals surface area contributed by atoms with Gasteiger partial charge in [0.2, 0.25) is 0 Å². The lowest BCUT2D eigenvalue weighted by Crippen LogP contribution is -2.14. The zero-order valence-corrected chi connectivity index (χ0v) is 13.2. The SMILES string of the molecule is CCn1nc(C)c(N)c1C(=O)OCc1ccc(Cl)cc1Cl. The number of aromatic nitrogens is 2. The van der Waals surface area contributed by atoms with Gasteiger partial charge >= 0.3 is 5.97 Å². The highest BCUT2D eigenvalue weighted by atomic mass is 35.5. The van der Waals surface area contributed by atoms with Gasteiger partial charge in [-0.25, -0.2) is 4.79 Å². The normalized spacial score (nSPS) is 10.7. The van der Waals surface area contributed by atoms with E-state index in [9.17, 15) is 4.79 Å². The first kappa shape index (κ1) is 15.7. The Morgan fingerprint density at radius 1 is 1.43 bits per heavy atom. The van der Waals surface area contributed by atoms with E-state index in [0.29, 0.717) is 33.5 Å². The summed E-state index contributed by atoms with van der Waals surface area (Å²) in [7, 11) is 0. The number of aryl methyl sites for hydroxylation is 2. The van der Waals surface area contributed by atoms with Crippen molar-refractivity contribution in [2.24, 2.45) is 0 Å². The predicted octanol–water partition coefficient (Wildman–Crippen LogP) is 3.46. The average molecular weight is 328 g/mol. The smallest absolute Gasteiger partial charge is 0.359 e. The molecule has 0 amide bonds. The number of esters is 1. The Balaban J connectivity index is 2.15. The number of nitrogens with two attached hydrogens (primary N) is 1. The highest BCUT2D eigenvalue weighted by Gasteiger charge is 2.20. The van der Waals surface area contributed by atoms with Gasteiger partial charge in [0.05, 0.1) is 11.4 Å². The molecule has 0 saturated carbocycles. The Kier molecular flexibility index (Phi) is 4.75. The maximum absolute atomic E-state index is 12.2. The minimum atomic E-state index is -0.527. The number of benzene rings is 1. The molecule has 0 radical (unpaired) electrons. The van der Waals surface area contributed by atoms with Crippen LogP contribution in [0.5, 0.6) is 0 Å². The number of rotatable bonds is 4. The van der Waals surface area contributed by atoms with E-state index in [1.807, 2.05) is 6.92 Å². The first-order valence-electron chi connectivity index (χ1n) is 6.38. The fourth-order valence-corrected chi connectivity index (χ4v) is 2.35. The molecule has 0 unspecified atom stereocenters. The van der Waals surface area contributed by atoms with Crippen LogP contribution < -0.4 is 5.73 Å². The third-order valence-electron chi connectivity index (χ3n) is 3.04. The van der Waals surface area contributed by atoms with Gasteiger partial charge in [0.15, 0.2) is 5.69 Å². The molecule has 1 aromatic heterocycles. The molecule has 0 atom stereocenters. The zero-order valence-electron chi connectivity index (χ0n) is 11.7. The average Bonchev–Trinajstić information content (AvgIpc) is 2.73. The Hall–Kier alpha value is -1.72. The summed E-state index contributed by atoms with van der Waals surface area (Å²) in [6.07, 6.45) is 0. The molecule has 1 heterocycles. The molecule has 0 aliphatic heterocycles. The lowest BCUT2D eigenvalue weighted by molar-refractivity contribution is 0.0460. The van der Waals surface area contributed by atoms with Crippen LogP contribution in [0.15, 0.2) is 18.2 Å². The van der Waals surface area contributed by atoms with Crippen molar-refractivity contribution in [3.63, 3.8) is 0 Å². The Bertz CT molecular complexity index is 683. The second-order valence-corrected chi connectivity index (χ2v) is 5.32. The number of anilines is 1. The van der Waals surface area contributed by atoms with Gasteiger partial charge in [-0.1, -0.05) is 29.3 Å². The molecule has 0 fully saturated rings. The summed E-state index contributed by atoms with van der Waals surface area (Å²) < 4.78 is 6.79. The molecule has 0 spiro atoms. The molecule has 0 aliphatic carbocycles. The maximum atomic E-state index is 12.2. The van der Waals surface area contributed by atoms with Crippen LogP contribution in [-0.2, 0) is 17.9 Å². The monoisotopic (exact) mass is 327 g/mol. The topological polar surface area (TPSA) is 70.1 Å². The third kappa shape index (κ3) is 3.31. The van der Waals surface area contributed by atoms with E-state index in [0.717, 1.165) is 0 Å².